The number of unbranched alkanes of at least 4 members (excludes halogenated alkanes) is 3. The van der Waals surface area contributed by atoms with Gasteiger partial charge in [-0.25, -0.2) is 4.79 Å². The van der Waals surface area contributed by atoms with E-state index in [4.69, 9.17) is 9.47 Å². The van der Waals surface area contributed by atoms with Gasteiger partial charge >= 0.3 is 6.09 Å². The van der Waals surface area contributed by atoms with Crippen molar-refractivity contribution >= 4 is 11.8 Å². The zero-order valence-corrected chi connectivity index (χ0v) is 16.3. The number of rotatable bonds is 10. The second kappa shape index (κ2) is 11.8. The molecule has 1 aromatic rings. The molecule has 5 nitrogen and oxygen atoms in total. The van der Waals surface area contributed by atoms with E-state index in [0.29, 0.717) is 0 Å². The molecule has 1 N–H and O–H groups in total. The average Bonchev–Trinajstić information content (AvgIpc) is 2.63. The monoisotopic (exact) mass is 362 g/mol. The van der Waals surface area contributed by atoms with Gasteiger partial charge in [-0.3, -0.25) is 10.2 Å². The highest BCUT2D eigenvalue weighted by Crippen LogP contribution is 2.17. The predicted molar refractivity (Wildman–Crippen MR) is 106 cm³/mol. The molecule has 1 heterocycles. The molecule has 2 rings (SSSR count). The summed E-state index contributed by atoms with van der Waals surface area (Å²) in [5.74, 6) is 0.832. The van der Waals surface area contributed by atoms with Crippen molar-refractivity contribution < 1.29 is 14.3 Å². The van der Waals surface area contributed by atoms with Gasteiger partial charge in [-0.15, -0.1) is 0 Å². The van der Waals surface area contributed by atoms with E-state index in [1.165, 1.54) is 38.5 Å². The maximum Gasteiger partial charge on any atom is 0.411 e. The van der Waals surface area contributed by atoms with Crippen molar-refractivity contribution in [3.63, 3.8) is 0 Å². The Hall–Kier alpha value is -1.75. The fourth-order valence-electron chi connectivity index (χ4n) is 3.23. The van der Waals surface area contributed by atoms with Crippen LogP contribution in [0.15, 0.2) is 24.3 Å². The maximum atomic E-state index is 12.0. The summed E-state index contributed by atoms with van der Waals surface area (Å²) in [4.78, 5) is 14.4. The Labute approximate surface area is 158 Å². The minimum atomic E-state index is -0.400. The first-order valence-electron chi connectivity index (χ1n) is 10.1. The molecule has 0 bridgehead atoms. The van der Waals surface area contributed by atoms with Crippen LogP contribution in [0.4, 0.5) is 10.5 Å². The topological polar surface area (TPSA) is 50.8 Å². The zero-order valence-electron chi connectivity index (χ0n) is 16.3. The molecule has 0 aromatic heterocycles. The van der Waals surface area contributed by atoms with E-state index in [-0.39, 0.29) is 6.10 Å². The van der Waals surface area contributed by atoms with Crippen molar-refractivity contribution in [1.82, 2.24) is 4.90 Å². The molecule has 5 heteroatoms. The number of piperidine rings is 1. The molecule has 0 radical (unpaired) electrons. The van der Waals surface area contributed by atoms with Gasteiger partial charge in [0.1, 0.15) is 11.9 Å². The molecule has 1 fully saturated rings. The molecule has 146 valence electrons. The largest absolute Gasteiger partial charge is 0.494 e. The lowest BCUT2D eigenvalue weighted by molar-refractivity contribution is 0.0833. The van der Waals surface area contributed by atoms with E-state index < -0.39 is 6.09 Å². The number of amides is 1. The van der Waals surface area contributed by atoms with Crippen molar-refractivity contribution in [2.45, 2.75) is 64.9 Å². The summed E-state index contributed by atoms with van der Waals surface area (Å²) in [5.41, 5.74) is 0.721. The number of carbonyl (C=O) groups excluding carboxylic acids is 1. The van der Waals surface area contributed by atoms with Crippen LogP contribution in [-0.4, -0.2) is 43.3 Å². The van der Waals surface area contributed by atoms with E-state index in [1.807, 2.05) is 31.2 Å². The lowest BCUT2D eigenvalue weighted by Gasteiger charge is -2.28. The first-order valence-corrected chi connectivity index (χ1v) is 10.1. The molecular formula is C21H34N2O3. The molecular weight excluding hydrogens is 328 g/mol. The molecule has 0 spiro atoms. The van der Waals surface area contributed by atoms with Crippen molar-refractivity contribution in [2.75, 3.05) is 31.6 Å². The number of nitrogens with one attached hydrogen (secondary N) is 1. The van der Waals surface area contributed by atoms with Gasteiger partial charge in [0.2, 0.25) is 0 Å². The minimum absolute atomic E-state index is 0.112. The Morgan fingerprint density at radius 3 is 2.54 bits per heavy atom. The maximum absolute atomic E-state index is 12.0. The van der Waals surface area contributed by atoms with E-state index >= 15 is 0 Å². The van der Waals surface area contributed by atoms with Crippen molar-refractivity contribution in [3.8, 4) is 5.75 Å². The summed E-state index contributed by atoms with van der Waals surface area (Å²) in [7, 11) is 0. The molecule has 1 atom stereocenters. The third kappa shape index (κ3) is 8.09. The summed E-state index contributed by atoms with van der Waals surface area (Å²) < 4.78 is 11.2. The van der Waals surface area contributed by atoms with Crippen molar-refractivity contribution in [1.29, 1.82) is 0 Å². The quantitative estimate of drug-likeness (QED) is 0.591. The average molecular weight is 363 g/mol. The molecule has 26 heavy (non-hydrogen) atoms. The van der Waals surface area contributed by atoms with Crippen LogP contribution < -0.4 is 10.1 Å². The second-order valence-electron chi connectivity index (χ2n) is 7.14. The smallest absolute Gasteiger partial charge is 0.411 e. The standard InChI is InChI=1S/C21H34N2O3/c1-3-4-5-9-16-25-20-12-10-19(11-13-20)22-21(24)26-18(2)17-23-14-7-6-8-15-23/h10-13,18H,3-9,14-17H2,1-2H3,(H,22,24)/t18-/m1/s1. The Morgan fingerprint density at radius 2 is 1.85 bits per heavy atom. The van der Waals surface area contributed by atoms with E-state index in [2.05, 4.69) is 17.1 Å². The van der Waals surface area contributed by atoms with Gasteiger partial charge in [-0.05, 0) is 63.5 Å². The SMILES string of the molecule is CCCCCCOc1ccc(NC(=O)O[C@H](C)CN2CCCCC2)cc1. The summed E-state index contributed by atoms with van der Waals surface area (Å²) in [6.07, 6.45) is 8.05. The number of nitrogens with zero attached hydrogens (tertiary/aromatic N) is 1. The highest BCUT2D eigenvalue weighted by atomic mass is 16.6. The lowest BCUT2D eigenvalue weighted by atomic mass is 10.1. The first-order chi connectivity index (χ1) is 12.7. The van der Waals surface area contributed by atoms with Crippen LogP contribution in [0.2, 0.25) is 0 Å². The first kappa shape index (κ1) is 20.6. The predicted octanol–water partition coefficient (Wildman–Crippen LogP) is 5.07. The van der Waals surface area contributed by atoms with Gasteiger partial charge in [0.05, 0.1) is 6.61 Å². The van der Waals surface area contributed by atoms with Crippen LogP contribution in [-0.2, 0) is 4.74 Å². The van der Waals surface area contributed by atoms with Gasteiger partial charge in [-0.1, -0.05) is 32.6 Å². The second-order valence-corrected chi connectivity index (χ2v) is 7.14. The fourth-order valence-corrected chi connectivity index (χ4v) is 3.23. The van der Waals surface area contributed by atoms with Crippen LogP contribution in [0.3, 0.4) is 0 Å². The van der Waals surface area contributed by atoms with E-state index in [1.54, 1.807) is 0 Å². The summed E-state index contributed by atoms with van der Waals surface area (Å²) in [6, 6.07) is 7.45. The number of hydrogen-bond donors (Lipinski definition) is 1. The highest BCUT2D eigenvalue weighted by molar-refractivity contribution is 5.84. The Balaban J connectivity index is 1.66. The minimum Gasteiger partial charge on any atom is -0.494 e. The van der Waals surface area contributed by atoms with Crippen LogP contribution in [0, 0.1) is 0 Å². The van der Waals surface area contributed by atoms with E-state index in [9.17, 15) is 4.79 Å². The molecule has 0 saturated carbocycles. The Kier molecular flexibility index (Phi) is 9.32. The third-order valence-electron chi connectivity index (χ3n) is 4.64. The molecule has 1 aliphatic rings. The number of hydrogen-bond acceptors (Lipinski definition) is 4. The molecule has 1 saturated heterocycles. The van der Waals surface area contributed by atoms with Crippen molar-refractivity contribution in [3.05, 3.63) is 24.3 Å². The number of ether oxygens (including phenoxy) is 2. The third-order valence-corrected chi connectivity index (χ3v) is 4.64. The summed E-state index contributed by atoms with van der Waals surface area (Å²) in [5, 5.41) is 2.79. The molecule has 1 amide bonds. The van der Waals surface area contributed by atoms with Crippen LogP contribution >= 0.6 is 0 Å². The van der Waals surface area contributed by atoms with Crippen LogP contribution in [0.25, 0.3) is 0 Å². The zero-order chi connectivity index (χ0) is 18.6. The van der Waals surface area contributed by atoms with Crippen LogP contribution in [0.1, 0.15) is 58.8 Å². The van der Waals surface area contributed by atoms with Gasteiger partial charge in [-0.2, -0.15) is 0 Å². The van der Waals surface area contributed by atoms with Gasteiger partial charge in [0.15, 0.2) is 0 Å². The van der Waals surface area contributed by atoms with Gasteiger partial charge < -0.3 is 9.47 Å². The number of carbonyl (C=O) groups is 1. The normalized spacial score (nSPS) is 16.1. The van der Waals surface area contributed by atoms with Crippen LogP contribution in [0.5, 0.6) is 5.75 Å². The molecule has 1 aliphatic heterocycles. The molecule has 0 aliphatic carbocycles. The van der Waals surface area contributed by atoms with E-state index in [0.717, 1.165) is 44.1 Å². The Bertz CT molecular complexity index is 512. The molecule has 1 aromatic carbocycles. The Morgan fingerprint density at radius 1 is 1.12 bits per heavy atom. The number of likely N-dealkylation sites (tertiary alicyclic amines) is 1. The van der Waals surface area contributed by atoms with Gasteiger partial charge in [0.25, 0.3) is 0 Å². The highest BCUT2D eigenvalue weighted by Gasteiger charge is 2.16. The summed E-state index contributed by atoms with van der Waals surface area (Å²) in [6.45, 7) is 7.90. The van der Waals surface area contributed by atoms with Crippen molar-refractivity contribution in [2.24, 2.45) is 0 Å². The summed E-state index contributed by atoms with van der Waals surface area (Å²) >= 11 is 0. The lowest BCUT2D eigenvalue weighted by Crippen LogP contribution is -2.37. The number of anilines is 1. The van der Waals surface area contributed by atoms with Gasteiger partial charge in [0, 0.05) is 12.2 Å². The fraction of sp³-hybridized carbons (Fsp3) is 0.667. The molecule has 0 unspecified atom stereocenters. The number of benzene rings is 1.